The van der Waals surface area contributed by atoms with Gasteiger partial charge < -0.3 is 21.3 Å². The van der Waals surface area contributed by atoms with Crippen molar-refractivity contribution in [1.29, 1.82) is 0 Å². The third-order valence-corrected chi connectivity index (χ3v) is 3.95. The van der Waals surface area contributed by atoms with Crippen molar-refractivity contribution >= 4 is 29.2 Å². The number of carbonyl (C=O) groups is 3. The molecule has 10 nitrogen and oxygen atoms in total. The van der Waals surface area contributed by atoms with Crippen LogP contribution in [0, 0.1) is 0 Å². The van der Waals surface area contributed by atoms with Crippen LogP contribution in [0.2, 0.25) is 0 Å². The number of nitrogens with zero attached hydrogens (tertiary/aromatic N) is 3. The van der Waals surface area contributed by atoms with E-state index in [1.807, 2.05) is 6.07 Å². The van der Waals surface area contributed by atoms with Crippen molar-refractivity contribution in [3.63, 3.8) is 0 Å². The fourth-order valence-corrected chi connectivity index (χ4v) is 2.50. The molecule has 0 radical (unpaired) electrons. The smallest absolute Gasteiger partial charge is 0.319 e. The Kier molecular flexibility index (Phi) is 7.09. The lowest BCUT2D eigenvalue weighted by molar-refractivity contribution is -0.124. The normalized spacial score (nSPS) is 10.1. The van der Waals surface area contributed by atoms with E-state index in [0.29, 0.717) is 11.4 Å². The monoisotopic (exact) mass is 407 g/mol. The molecule has 1 aromatic heterocycles. The first-order valence-corrected chi connectivity index (χ1v) is 9.22. The number of carbonyl (C=O) groups excluding carboxylic acids is 3. The molecule has 0 unspecified atom stereocenters. The highest BCUT2D eigenvalue weighted by molar-refractivity contribution is 5.94. The van der Waals surface area contributed by atoms with Crippen molar-refractivity contribution in [1.82, 2.24) is 25.4 Å². The second-order valence-corrected chi connectivity index (χ2v) is 6.21. The Morgan fingerprint density at radius 1 is 0.833 bits per heavy atom. The minimum Gasteiger partial charge on any atom is -0.347 e. The Hall–Kier alpha value is -4.21. The van der Waals surface area contributed by atoms with Gasteiger partial charge >= 0.3 is 6.03 Å². The van der Waals surface area contributed by atoms with E-state index < -0.39 is 6.03 Å². The van der Waals surface area contributed by atoms with E-state index in [1.165, 1.54) is 6.33 Å². The molecule has 0 spiro atoms. The molecule has 0 bridgehead atoms. The zero-order chi connectivity index (χ0) is 21.2. The molecule has 10 heteroatoms. The molecule has 2 aromatic carbocycles. The SMILES string of the molecule is O=C(CCNC(=O)Nc1ccccc1)NCC(=O)Nc1ccc(-n2cncn2)cc1. The van der Waals surface area contributed by atoms with Gasteiger partial charge in [0.25, 0.3) is 0 Å². The first-order valence-electron chi connectivity index (χ1n) is 9.22. The average Bonchev–Trinajstić information content (AvgIpc) is 3.28. The Labute approximate surface area is 172 Å². The molecule has 0 aliphatic heterocycles. The molecule has 0 aliphatic carbocycles. The number of benzene rings is 2. The van der Waals surface area contributed by atoms with Crippen molar-refractivity contribution in [3.8, 4) is 5.69 Å². The number of amides is 4. The Bertz CT molecular complexity index is 973. The molecule has 0 saturated carbocycles. The summed E-state index contributed by atoms with van der Waals surface area (Å²) in [4.78, 5) is 39.4. The van der Waals surface area contributed by atoms with Crippen LogP contribution >= 0.6 is 0 Å². The first-order chi connectivity index (χ1) is 14.6. The van der Waals surface area contributed by atoms with Gasteiger partial charge in [0.2, 0.25) is 11.8 Å². The highest BCUT2D eigenvalue weighted by Crippen LogP contribution is 2.11. The minimum atomic E-state index is -0.402. The Morgan fingerprint density at radius 2 is 1.57 bits per heavy atom. The lowest BCUT2D eigenvalue weighted by atomic mass is 10.3. The van der Waals surface area contributed by atoms with Gasteiger partial charge in [-0.3, -0.25) is 9.59 Å². The zero-order valence-electron chi connectivity index (χ0n) is 16.0. The highest BCUT2D eigenvalue weighted by atomic mass is 16.2. The summed E-state index contributed by atoms with van der Waals surface area (Å²) in [6, 6.07) is 15.6. The number of nitrogens with one attached hydrogen (secondary N) is 4. The number of anilines is 2. The second-order valence-electron chi connectivity index (χ2n) is 6.21. The molecule has 0 atom stereocenters. The summed E-state index contributed by atoms with van der Waals surface area (Å²) in [7, 11) is 0. The predicted molar refractivity (Wildman–Crippen MR) is 111 cm³/mol. The number of hydrogen-bond donors (Lipinski definition) is 4. The van der Waals surface area contributed by atoms with Crippen LogP contribution in [-0.4, -0.2) is 45.7 Å². The third-order valence-electron chi connectivity index (χ3n) is 3.95. The van der Waals surface area contributed by atoms with E-state index in [0.717, 1.165) is 5.69 Å². The summed E-state index contributed by atoms with van der Waals surface area (Å²) in [5.41, 5.74) is 2.06. The first kappa shape index (κ1) is 20.5. The summed E-state index contributed by atoms with van der Waals surface area (Å²) in [6.07, 6.45) is 3.06. The Balaban J connectivity index is 1.32. The Morgan fingerprint density at radius 3 is 2.27 bits per heavy atom. The summed E-state index contributed by atoms with van der Waals surface area (Å²) < 4.78 is 1.60. The van der Waals surface area contributed by atoms with Gasteiger partial charge in [0.05, 0.1) is 12.2 Å². The summed E-state index contributed by atoms with van der Waals surface area (Å²) in [5, 5.41) is 14.5. The van der Waals surface area contributed by atoms with Crippen molar-refractivity contribution in [3.05, 3.63) is 67.3 Å². The van der Waals surface area contributed by atoms with Gasteiger partial charge in [0.1, 0.15) is 12.7 Å². The van der Waals surface area contributed by atoms with Gasteiger partial charge in [-0.15, -0.1) is 0 Å². The van der Waals surface area contributed by atoms with Crippen LogP contribution in [0.15, 0.2) is 67.3 Å². The van der Waals surface area contributed by atoms with Crippen molar-refractivity contribution in [2.75, 3.05) is 23.7 Å². The molecule has 0 aliphatic rings. The van der Waals surface area contributed by atoms with Gasteiger partial charge in [-0.25, -0.2) is 14.5 Å². The minimum absolute atomic E-state index is 0.0576. The molecule has 30 heavy (non-hydrogen) atoms. The summed E-state index contributed by atoms with van der Waals surface area (Å²) in [6.45, 7) is -0.0181. The maximum absolute atomic E-state index is 12.0. The van der Waals surface area contributed by atoms with Gasteiger partial charge in [0.15, 0.2) is 0 Å². The van der Waals surface area contributed by atoms with E-state index in [9.17, 15) is 14.4 Å². The molecule has 4 N–H and O–H groups in total. The molecular weight excluding hydrogens is 386 g/mol. The van der Waals surface area contributed by atoms with Gasteiger partial charge in [-0.05, 0) is 36.4 Å². The largest absolute Gasteiger partial charge is 0.347 e. The molecule has 3 aromatic rings. The van der Waals surface area contributed by atoms with E-state index in [2.05, 4.69) is 31.3 Å². The zero-order valence-corrected chi connectivity index (χ0v) is 16.0. The molecule has 0 fully saturated rings. The quantitative estimate of drug-likeness (QED) is 0.450. The van der Waals surface area contributed by atoms with Crippen LogP contribution in [0.1, 0.15) is 6.42 Å². The number of urea groups is 1. The van der Waals surface area contributed by atoms with Gasteiger partial charge in [-0.1, -0.05) is 18.2 Å². The number of hydrogen-bond acceptors (Lipinski definition) is 5. The highest BCUT2D eigenvalue weighted by Gasteiger charge is 2.08. The second kappa shape index (κ2) is 10.4. The fourth-order valence-electron chi connectivity index (χ4n) is 2.50. The molecular formula is C20H21N7O3. The number of rotatable bonds is 8. The van der Waals surface area contributed by atoms with Gasteiger partial charge in [0, 0.05) is 24.3 Å². The summed E-state index contributed by atoms with van der Waals surface area (Å²) >= 11 is 0. The fraction of sp³-hybridized carbons (Fsp3) is 0.150. The van der Waals surface area contributed by atoms with Crippen LogP contribution in [0.3, 0.4) is 0 Å². The molecule has 4 amide bonds. The average molecular weight is 407 g/mol. The van der Waals surface area contributed by atoms with Crippen molar-refractivity contribution < 1.29 is 14.4 Å². The van der Waals surface area contributed by atoms with E-state index >= 15 is 0 Å². The maximum Gasteiger partial charge on any atom is 0.319 e. The van der Waals surface area contributed by atoms with Crippen molar-refractivity contribution in [2.24, 2.45) is 0 Å². The van der Waals surface area contributed by atoms with Crippen molar-refractivity contribution in [2.45, 2.75) is 6.42 Å². The lowest BCUT2D eigenvalue weighted by Gasteiger charge is -2.09. The topological polar surface area (TPSA) is 130 Å². The number of para-hydroxylation sites is 1. The van der Waals surface area contributed by atoms with Crippen LogP contribution in [0.5, 0.6) is 0 Å². The van der Waals surface area contributed by atoms with E-state index in [1.54, 1.807) is 59.5 Å². The molecule has 3 rings (SSSR count). The van der Waals surface area contributed by atoms with E-state index in [4.69, 9.17) is 0 Å². The van der Waals surface area contributed by atoms with Crippen LogP contribution < -0.4 is 21.3 Å². The summed E-state index contributed by atoms with van der Waals surface area (Å²) in [5.74, 6) is -0.696. The third kappa shape index (κ3) is 6.44. The van der Waals surface area contributed by atoms with Gasteiger partial charge in [-0.2, -0.15) is 5.10 Å². The van der Waals surface area contributed by atoms with Crippen LogP contribution in [0.4, 0.5) is 16.2 Å². The van der Waals surface area contributed by atoms with E-state index in [-0.39, 0.29) is 31.3 Å². The number of aromatic nitrogens is 3. The standard InChI is InChI=1S/C20H21N7O3/c28-18(10-11-22-20(30)26-15-4-2-1-3-5-15)23-12-19(29)25-16-6-8-17(9-7-16)27-14-21-13-24-27/h1-9,13-14H,10-12H2,(H,23,28)(H,25,29)(H2,22,26,30). The molecule has 154 valence electrons. The maximum atomic E-state index is 12.0. The van der Waals surface area contributed by atoms with Crippen LogP contribution in [-0.2, 0) is 9.59 Å². The molecule has 1 heterocycles. The lowest BCUT2D eigenvalue weighted by Crippen LogP contribution is -2.36. The van der Waals surface area contributed by atoms with Crippen LogP contribution in [0.25, 0.3) is 5.69 Å². The molecule has 0 saturated heterocycles. The predicted octanol–water partition coefficient (Wildman–Crippen LogP) is 1.53.